The summed E-state index contributed by atoms with van der Waals surface area (Å²) in [5.41, 5.74) is 3.20. The van der Waals surface area contributed by atoms with Gasteiger partial charge in [-0.05, 0) is 49.0 Å². The van der Waals surface area contributed by atoms with E-state index in [1.165, 1.54) is 31.1 Å². The molecule has 31 heavy (non-hydrogen) atoms. The van der Waals surface area contributed by atoms with Gasteiger partial charge in [0.05, 0.1) is 5.69 Å². The summed E-state index contributed by atoms with van der Waals surface area (Å²) >= 11 is 0. The van der Waals surface area contributed by atoms with Crippen molar-refractivity contribution in [3.63, 3.8) is 0 Å². The maximum atomic E-state index is 12.5. The molecule has 168 valence electrons. The number of hydrogen-bond donors (Lipinski definition) is 1. The van der Waals surface area contributed by atoms with E-state index in [9.17, 15) is 13.2 Å². The summed E-state index contributed by atoms with van der Waals surface area (Å²) in [6, 6.07) is 14.8. The molecular weight excluding hydrogens is 414 g/mol. The first-order valence-electron chi connectivity index (χ1n) is 10.3. The molecule has 9 heteroatoms. The van der Waals surface area contributed by atoms with Crippen molar-refractivity contribution < 1.29 is 13.2 Å². The third kappa shape index (κ3) is 5.55. The monoisotopic (exact) mass is 445 g/mol. The van der Waals surface area contributed by atoms with Gasteiger partial charge in [-0.2, -0.15) is 12.7 Å². The first-order valence-corrected chi connectivity index (χ1v) is 11.7. The molecule has 0 aromatic heterocycles. The average molecular weight is 446 g/mol. The molecule has 0 spiro atoms. The van der Waals surface area contributed by atoms with Crippen LogP contribution in [0.3, 0.4) is 0 Å². The quantitative estimate of drug-likeness (QED) is 0.701. The van der Waals surface area contributed by atoms with E-state index in [4.69, 9.17) is 0 Å². The molecule has 0 radical (unpaired) electrons. The summed E-state index contributed by atoms with van der Waals surface area (Å²) in [6.45, 7) is 4.60. The van der Waals surface area contributed by atoms with Gasteiger partial charge in [0.2, 0.25) is 0 Å². The number of amides is 1. The Bertz CT molecular complexity index is 983. The lowest BCUT2D eigenvalue weighted by molar-refractivity contribution is 0.0951. The summed E-state index contributed by atoms with van der Waals surface area (Å²) in [7, 11) is 3.01. The van der Waals surface area contributed by atoms with Crippen LogP contribution >= 0.6 is 0 Å². The lowest BCUT2D eigenvalue weighted by atomic mass is 10.1. The zero-order valence-corrected chi connectivity index (χ0v) is 19.4. The molecule has 0 unspecified atom stereocenters. The first kappa shape index (κ1) is 23.1. The Hall–Kier alpha value is -2.62. The van der Waals surface area contributed by atoms with Gasteiger partial charge in [-0.25, -0.2) is 0 Å². The predicted molar refractivity (Wildman–Crippen MR) is 125 cm³/mol. The molecule has 0 bridgehead atoms. The third-order valence-electron chi connectivity index (χ3n) is 5.56. The van der Waals surface area contributed by atoms with Gasteiger partial charge in [-0.3, -0.25) is 9.10 Å². The second kappa shape index (κ2) is 9.67. The minimum Gasteiger partial charge on any atom is -0.369 e. The second-order valence-electron chi connectivity index (χ2n) is 7.94. The SMILES string of the molecule is CN1CCN(c2ccc(CNC(=O)c3ccc(N(C)S(=O)(=O)N(C)C)cc3)cc2)CC1. The number of anilines is 2. The number of carbonyl (C=O) groups excluding carboxylic acids is 1. The van der Waals surface area contributed by atoms with Crippen LogP contribution in [-0.4, -0.2) is 77.9 Å². The number of hydrogen-bond acceptors (Lipinski definition) is 5. The highest BCUT2D eigenvalue weighted by atomic mass is 32.2. The lowest BCUT2D eigenvalue weighted by Gasteiger charge is -2.34. The first-order chi connectivity index (χ1) is 14.7. The van der Waals surface area contributed by atoms with Gasteiger partial charge in [-0.1, -0.05) is 12.1 Å². The molecule has 3 rings (SSSR count). The Morgan fingerprint density at radius 2 is 1.52 bits per heavy atom. The van der Waals surface area contributed by atoms with Crippen LogP contribution in [-0.2, 0) is 16.8 Å². The van der Waals surface area contributed by atoms with Crippen molar-refractivity contribution in [1.29, 1.82) is 0 Å². The fourth-order valence-electron chi connectivity index (χ4n) is 3.37. The van der Waals surface area contributed by atoms with E-state index in [-0.39, 0.29) is 5.91 Å². The van der Waals surface area contributed by atoms with E-state index in [1.807, 2.05) is 12.1 Å². The Kier molecular flexibility index (Phi) is 7.19. The van der Waals surface area contributed by atoms with Crippen LogP contribution in [0.1, 0.15) is 15.9 Å². The fraction of sp³-hybridized carbons (Fsp3) is 0.409. The summed E-state index contributed by atoms with van der Waals surface area (Å²) in [4.78, 5) is 17.2. The molecule has 0 saturated carbocycles. The number of carbonyl (C=O) groups is 1. The molecular formula is C22H31N5O3S. The van der Waals surface area contributed by atoms with E-state index >= 15 is 0 Å². The van der Waals surface area contributed by atoms with Gasteiger partial charge in [0, 0.05) is 65.1 Å². The van der Waals surface area contributed by atoms with Crippen molar-refractivity contribution >= 4 is 27.5 Å². The van der Waals surface area contributed by atoms with E-state index in [0.717, 1.165) is 36.0 Å². The zero-order chi connectivity index (χ0) is 22.6. The van der Waals surface area contributed by atoms with Crippen LogP contribution in [0.5, 0.6) is 0 Å². The van der Waals surface area contributed by atoms with Crippen molar-refractivity contribution in [3.05, 3.63) is 59.7 Å². The van der Waals surface area contributed by atoms with Gasteiger partial charge >= 0.3 is 10.2 Å². The molecule has 1 saturated heterocycles. The fourth-order valence-corrected chi connectivity index (χ4v) is 4.25. The highest BCUT2D eigenvalue weighted by Crippen LogP contribution is 2.19. The molecule has 0 aliphatic carbocycles. The van der Waals surface area contributed by atoms with Crippen LogP contribution in [0.4, 0.5) is 11.4 Å². The van der Waals surface area contributed by atoms with Gasteiger partial charge in [0.25, 0.3) is 5.91 Å². The van der Waals surface area contributed by atoms with Crippen LogP contribution in [0.15, 0.2) is 48.5 Å². The minimum atomic E-state index is -3.56. The van der Waals surface area contributed by atoms with E-state index in [0.29, 0.717) is 17.8 Å². The van der Waals surface area contributed by atoms with Crippen LogP contribution in [0.2, 0.25) is 0 Å². The maximum absolute atomic E-state index is 12.5. The molecule has 2 aromatic carbocycles. The Morgan fingerprint density at radius 3 is 2.06 bits per heavy atom. The minimum absolute atomic E-state index is 0.201. The number of piperazine rings is 1. The summed E-state index contributed by atoms with van der Waals surface area (Å²) in [6.07, 6.45) is 0. The van der Waals surface area contributed by atoms with Gasteiger partial charge < -0.3 is 15.1 Å². The van der Waals surface area contributed by atoms with Crippen molar-refractivity contribution in [1.82, 2.24) is 14.5 Å². The highest BCUT2D eigenvalue weighted by molar-refractivity contribution is 7.90. The molecule has 8 nitrogen and oxygen atoms in total. The van der Waals surface area contributed by atoms with Crippen molar-refractivity contribution in [2.75, 3.05) is 63.6 Å². The molecule has 1 fully saturated rings. The van der Waals surface area contributed by atoms with Crippen molar-refractivity contribution in [3.8, 4) is 0 Å². The number of nitrogens with one attached hydrogen (secondary N) is 1. The maximum Gasteiger partial charge on any atom is 0.303 e. The summed E-state index contributed by atoms with van der Waals surface area (Å²) in [5, 5.41) is 2.92. The van der Waals surface area contributed by atoms with Gasteiger partial charge in [-0.15, -0.1) is 0 Å². The molecule has 1 N–H and O–H groups in total. The summed E-state index contributed by atoms with van der Waals surface area (Å²) in [5.74, 6) is -0.201. The number of benzene rings is 2. The second-order valence-corrected chi connectivity index (χ2v) is 10.1. The predicted octanol–water partition coefficient (Wildman–Crippen LogP) is 1.61. The third-order valence-corrected chi connectivity index (χ3v) is 7.38. The Labute approximate surface area is 185 Å². The normalized spacial score (nSPS) is 15.2. The van der Waals surface area contributed by atoms with E-state index < -0.39 is 10.2 Å². The Balaban J connectivity index is 1.56. The zero-order valence-electron chi connectivity index (χ0n) is 18.6. The van der Waals surface area contributed by atoms with E-state index in [1.54, 1.807) is 24.3 Å². The largest absolute Gasteiger partial charge is 0.369 e. The molecule has 1 heterocycles. The smallest absolute Gasteiger partial charge is 0.303 e. The molecule has 2 aromatic rings. The molecule has 1 amide bonds. The topological polar surface area (TPSA) is 76.2 Å². The van der Waals surface area contributed by atoms with Gasteiger partial charge in [0.1, 0.15) is 0 Å². The average Bonchev–Trinajstić information content (AvgIpc) is 2.78. The molecule has 1 aliphatic heterocycles. The number of likely N-dealkylation sites (N-methyl/N-ethyl adjacent to an activating group) is 1. The van der Waals surface area contributed by atoms with Crippen LogP contribution in [0.25, 0.3) is 0 Å². The number of nitrogens with zero attached hydrogens (tertiary/aromatic N) is 4. The van der Waals surface area contributed by atoms with Gasteiger partial charge in [0.15, 0.2) is 0 Å². The van der Waals surface area contributed by atoms with Crippen molar-refractivity contribution in [2.24, 2.45) is 0 Å². The van der Waals surface area contributed by atoms with Crippen LogP contribution < -0.4 is 14.5 Å². The Morgan fingerprint density at radius 1 is 0.935 bits per heavy atom. The lowest BCUT2D eigenvalue weighted by Crippen LogP contribution is -2.44. The molecule has 1 aliphatic rings. The standard InChI is InChI=1S/C22H31N5O3S/c1-24(2)31(29,30)26(4)20-11-7-19(8-12-20)22(28)23-17-18-5-9-21(10-6-18)27-15-13-25(3)14-16-27/h5-12H,13-17H2,1-4H3,(H,23,28). The highest BCUT2D eigenvalue weighted by Gasteiger charge is 2.21. The number of rotatable bonds is 7. The summed E-state index contributed by atoms with van der Waals surface area (Å²) < 4.78 is 26.8. The van der Waals surface area contributed by atoms with E-state index in [2.05, 4.69) is 34.3 Å². The van der Waals surface area contributed by atoms with Crippen LogP contribution in [0, 0.1) is 0 Å². The molecule has 0 atom stereocenters. The van der Waals surface area contributed by atoms with Crippen molar-refractivity contribution in [2.45, 2.75) is 6.54 Å².